The van der Waals surface area contributed by atoms with E-state index in [1.165, 1.54) is 24.5 Å². The molecule has 0 aromatic carbocycles. The predicted molar refractivity (Wildman–Crippen MR) is 108 cm³/mol. The highest BCUT2D eigenvalue weighted by Gasteiger charge is 2.61. The Kier molecular flexibility index (Phi) is 4.53. The number of allylic oxidation sites excluding steroid dienone is 2. The summed E-state index contributed by atoms with van der Waals surface area (Å²) in [6.07, 6.45) is 11.2. The summed E-state index contributed by atoms with van der Waals surface area (Å²) in [7, 11) is 0. The number of carbonyl (C=O) groups is 2. The quantitative estimate of drug-likeness (QED) is 0.504. The molecule has 3 N–H and O–H groups in total. The van der Waals surface area contributed by atoms with Gasteiger partial charge >= 0.3 is 0 Å². The Bertz CT molecular complexity index is 772. The van der Waals surface area contributed by atoms with Gasteiger partial charge in [0.2, 0.25) is 11.8 Å². The van der Waals surface area contributed by atoms with E-state index >= 15 is 0 Å². The Balaban J connectivity index is 1.84. The van der Waals surface area contributed by atoms with Gasteiger partial charge in [-0.05, 0) is 67.8 Å². The second-order valence-electron chi connectivity index (χ2n) is 9.93. The summed E-state index contributed by atoms with van der Waals surface area (Å²) >= 11 is 0. The number of aliphatic hydroxyl groups is 1. The van der Waals surface area contributed by atoms with Gasteiger partial charge in [0.05, 0.1) is 6.04 Å². The second kappa shape index (κ2) is 6.45. The SMILES string of the molecule is CC(=O)NC1CC2CCC=C[C@]2(C)[C@@H]2CC[C@@]3(C)C(=C12)CCC3(O)NC(C)=O. The molecule has 0 aromatic heterocycles. The molecule has 2 amide bonds. The van der Waals surface area contributed by atoms with Crippen LogP contribution in [0, 0.1) is 22.7 Å². The summed E-state index contributed by atoms with van der Waals surface area (Å²) in [6.45, 7) is 7.56. The van der Waals surface area contributed by atoms with E-state index in [1.807, 2.05) is 0 Å². The standard InChI is InChI=1S/C23H34N2O3/c1-14(26)24-19-13-16-7-5-6-10-21(16,3)17-8-11-22(4)18(20(17)19)9-12-23(22,28)25-15(2)27/h6,10,16-17,19,28H,5,7-9,11-13H2,1-4H3,(H,24,26)(H,25,27)/t16?,17-,19?,21+,22+,23?/m1/s1. The molecule has 28 heavy (non-hydrogen) atoms. The number of carbonyl (C=O) groups excluding carboxylic acids is 2. The molecule has 2 saturated carbocycles. The predicted octanol–water partition coefficient (Wildman–Crippen LogP) is 3.20. The van der Waals surface area contributed by atoms with Crippen molar-refractivity contribution in [2.75, 3.05) is 0 Å². The van der Waals surface area contributed by atoms with E-state index in [0.29, 0.717) is 18.3 Å². The van der Waals surface area contributed by atoms with Gasteiger partial charge in [0.25, 0.3) is 0 Å². The molecular formula is C23H34N2O3. The first-order valence-electron chi connectivity index (χ1n) is 10.8. The number of rotatable bonds is 2. The van der Waals surface area contributed by atoms with Crippen molar-refractivity contribution >= 4 is 11.8 Å². The van der Waals surface area contributed by atoms with Gasteiger partial charge in [-0.25, -0.2) is 0 Å². The molecule has 2 fully saturated rings. The van der Waals surface area contributed by atoms with E-state index in [4.69, 9.17) is 0 Å². The van der Waals surface area contributed by atoms with E-state index < -0.39 is 11.1 Å². The molecule has 6 atom stereocenters. The van der Waals surface area contributed by atoms with Crippen LogP contribution in [-0.2, 0) is 9.59 Å². The molecule has 0 aliphatic heterocycles. The molecule has 0 spiro atoms. The molecule has 0 saturated heterocycles. The maximum Gasteiger partial charge on any atom is 0.219 e. The molecule has 0 aromatic rings. The van der Waals surface area contributed by atoms with Gasteiger partial charge in [-0.3, -0.25) is 9.59 Å². The molecule has 3 unspecified atom stereocenters. The second-order valence-corrected chi connectivity index (χ2v) is 9.93. The van der Waals surface area contributed by atoms with Crippen LogP contribution in [0.15, 0.2) is 23.3 Å². The normalized spacial score (nSPS) is 44.4. The monoisotopic (exact) mass is 386 g/mol. The van der Waals surface area contributed by atoms with Gasteiger partial charge in [0, 0.05) is 19.3 Å². The van der Waals surface area contributed by atoms with E-state index in [9.17, 15) is 14.7 Å². The third-order valence-electron chi connectivity index (χ3n) is 8.42. The molecule has 0 bridgehead atoms. The molecule has 0 heterocycles. The zero-order valence-electron chi connectivity index (χ0n) is 17.6. The van der Waals surface area contributed by atoms with E-state index in [1.54, 1.807) is 6.92 Å². The van der Waals surface area contributed by atoms with Crippen molar-refractivity contribution in [1.82, 2.24) is 10.6 Å². The lowest BCUT2D eigenvalue weighted by Gasteiger charge is -2.57. The highest BCUT2D eigenvalue weighted by Crippen LogP contribution is 2.64. The van der Waals surface area contributed by atoms with Crippen molar-refractivity contribution in [3.05, 3.63) is 23.3 Å². The molecule has 4 rings (SSSR count). The first-order chi connectivity index (χ1) is 13.1. The van der Waals surface area contributed by atoms with Crippen molar-refractivity contribution in [1.29, 1.82) is 0 Å². The molecule has 0 radical (unpaired) electrons. The van der Waals surface area contributed by atoms with Crippen molar-refractivity contribution < 1.29 is 14.7 Å². The molecule has 5 nitrogen and oxygen atoms in total. The van der Waals surface area contributed by atoms with Gasteiger partial charge in [0.15, 0.2) is 0 Å². The van der Waals surface area contributed by atoms with Crippen LogP contribution in [0.25, 0.3) is 0 Å². The van der Waals surface area contributed by atoms with Crippen LogP contribution in [0.3, 0.4) is 0 Å². The fourth-order valence-corrected chi connectivity index (χ4v) is 6.97. The zero-order chi connectivity index (χ0) is 20.3. The van der Waals surface area contributed by atoms with Gasteiger partial charge in [0.1, 0.15) is 5.72 Å². The first kappa shape index (κ1) is 19.7. The zero-order valence-corrected chi connectivity index (χ0v) is 17.6. The van der Waals surface area contributed by atoms with Crippen LogP contribution < -0.4 is 10.6 Å². The Morgan fingerprint density at radius 2 is 1.89 bits per heavy atom. The van der Waals surface area contributed by atoms with E-state index in [-0.39, 0.29) is 23.3 Å². The molecule has 154 valence electrons. The average Bonchev–Trinajstić information content (AvgIpc) is 2.85. The minimum atomic E-state index is -1.20. The van der Waals surface area contributed by atoms with Crippen LogP contribution in [0.4, 0.5) is 0 Å². The van der Waals surface area contributed by atoms with Crippen LogP contribution in [-0.4, -0.2) is 28.7 Å². The molecule has 5 heteroatoms. The molecule has 4 aliphatic carbocycles. The Hall–Kier alpha value is -1.62. The smallest absolute Gasteiger partial charge is 0.219 e. The van der Waals surface area contributed by atoms with Crippen LogP contribution >= 0.6 is 0 Å². The lowest BCUT2D eigenvalue weighted by Crippen LogP contribution is -2.59. The molecule has 4 aliphatic rings. The highest BCUT2D eigenvalue weighted by molar-refractivity contribution is 5.75. The number of amides is 2. The van der Waals surface area contributed by atoms with Crippen molar-refractivity contribution in [2.24, 2.45) is 22.7 Å². The lowest BCUT2D eigenvalue weighted by atomic mass is 9.50. The average molecular weight is 387 g/mol. The van der Waals surface area contributed by atoms with Crippen LogP contribution in [0.2, 0.25) is 0 Å². The van der Waals surface area contributed by atoms with Crippen molar-refractivity contribution in [3.8, 4) is 0 Å². The van der Waals surface area contributed by atoms with Gasteiger partial charge in [-0.15, -0.1) is 0 Å². The maximum absolute atomic E-state index is 12.0. The Morgan fingerprint density at radius 3 is 2.57 bits per heavy atom. The largest absolute Gasteiger partial charge is 0.370 e. The van der Waals surface area contributed by atoms with Crippen LogP contribution in [0.5, 0.6) is 0 Å². The van der Waals surface area contributed by atoms with Gasteiger partial charge < -0.3 is 15.7 Å². The van der Waals surface area contributed by atoms with E-state index in [2.05, 4.69) is 36.6 Å². The van der Waals surface area contributed by atoms with Gasteiger partial charge in [-0.1, -0.05) is 31.6 Å². The summed E-state index contributed by atoms with van der Waals surface area (Å²) in [5.74, 6) is 0.779. The van der Waals surface area contributed by atoms with Crippen molar-refractivity contribution in [3.63, 3.8) is 0 Å². The summed E-state index contributed by atoms with van der Waals surface area (Å²) in [6, 6.07) is 0.0429. The topological polar surface area (TPSA) is 78.4 Å². The summed E-state index contributed by atoms with van der Waals surface area (Å²) < 4.78 is 0. The fourth-order valence-electron chi connectivity index (χ4n) is 6.97. The van der Waals surface area contributed by atoms with Crippen molar-refractivity contribution in [2.45, 2.75) is 84.4 Å². The number of hydrogen-bond acceptors (Lipinski definition) is 3. The van der Waals surface area contributed by atoms with Gasteiger partial charge in [-0.2, -0.15) is 0 Å². The summed E-state index contributed by atoms with van der Waals surface area (Å²) in [5.41, 5.74) is 1.06. The highest BCUT2D eigenvalue weighted by atomic mass is 16.3. The number of nitrogens with one attached hydrogen (secondary N) is 2. The summed E-state index contributed by atoms with van der Waals surface area (Å²) in [4.78, 5) is 23.8. The minimum absolute atomic E-state index is 0.00852. The minimum Gasteiger partial charge on any atom is -0.370 e. The van der Waals surface area contributed by atoms with E-state index in [0.717, 1.165) is 32.1 Å². The summed E-state index contributed by atoms with van der Waals surface area (Å²) in [5, 5.41) is 17.5. The Labute approximate surface area is 168 Å². The van der Waals surface area contributed by atoms with Crippen LogP contribution in [0.1, 0.15) is 72.6 Å². The maximum atomic E-state index is 12.0. The first-order valence-corrected chi connectivity index (χ1v) is 10.8. The number of fused-ring (bicyclic) bond motifs is 4. The molecular weight excluding hydrogens is 352 g/mol. The number of hydrogen-bond donors (Lipinski definition) is 3. The fraction of sp³-hybridized carbons (Fsp3) is 0.739. The Morgan fingerprint density at radius 1 is 1.14 bits per heavy atom. The lowest BCUT2D eigenvalue weighted by molar-refractivity contribution is -0.135. The third-order valence-corrected chi connectivity index (χ3v) is 8.42. The third kappa shape index (κ3) is 2.69.